The van der Waals surface area contributed by atoms with Crippen molar-refractivity contribution in [2.24, 2.45) is 0 Å². The van der Waals surface area contributed by atoms with Crippen LogP contribution in [0.25, 0.3) is 0 Å². The molecule has 0 aliphatic carbocycles. The Kier molecular flexibility index (Phi) is 21.3. The maximum absolute atomic E-state index is 12.9. The summed E-state index contributed by atoms with van der Waals surface area (Å²) < 4.78 is 34.3. The lowest BCUT2D eigenvalue weighted by Gasteiger charge is -2.31. The first-order valence-corrected chi connectivity index (χ1v) is 16.5. The fraction of sp³-hybridized carbons (Fsp3) is 0.629. The van der Waals surface area contributed by atoms with E-state index >= 15 is 0 Å². The number of carbonyl (C=O) groups excluding carboxylic acids is 1. The van der Waals surface area contributed by atoms with Gasteiger partial charge < -0.3 is 58.1 Å². The highest BCUT2D eigenvalue weighted by Gasteiger charge is 2.30. The Bertz CT molecular complexity index is 1090. The SMILES string of the molecule is CCCCCCCCCCCC(=O)OC(COc1cc(OC)c(OC)c(OC)c1)C[NH+]1CC[NH+](c2ccccc2OC)CC1.[Cl-].[Cl-]. The number of halogens is 2. The molecular weight excluding hydrogens is 631 g/mol. The number of unbranched alkanes of at least 4 members (excludes halogenated alkanes) is 8. The zero-order chi connectivity index (χ0) is 31.6. The van der Waals surface area contributed by atoms with E-state index in [1.165, 1.54) is 60.4 Å². The van der Waals surface area contributed by atoms with Gasteiger partial charge in [0.2, 0.25) is 5.75 Å². The van der Waals surface area contributed by atoms with E-state index < -0.39 is 0 Å². The molecule has 46 heavy (non-hydrogen) atoms. The lowest BCUT2D eigenvalue weighted by Crippen LogP contribution is -3.26. The molecule has 0 bridgehead atoms. The number of ether oxygens (including phenoxy) is 6. The first-order chi connectivity index (χ1) is 21.5. The van der Waals surface area contributed by atoms with Gasteiger partial charge in [-0.25, -0.2) is 0 Å². The van der Waals surface area contributed by atoms with Gasteiger partial charge in [-0.2, -0.15) is 0 Å². The van der Waals surface area contributed by atoms with Crippen LogP contribution in [0.15, 0.2) is 36.4 Å². The van der Waals surface area contributed by atoms with Gasteiger partial charge in [0, 0.05) is 24.6 Å². The minimum Gasteiger partial charge on any atom is -1.00 e. The van der Waals surface area contributed by atoms with Gasteiger partial charge in [0.15, 0.2) is 29.0 Å². The van der Waals surface area contributed by atoms with Crippen LogP contribution < -0.4 is 58.3 Å². The minimum atomic E-state index is -0.372. The van der Waals surface area contributed by atoms with Crippen LogP contribution in [0.5, 0.6) is 28.7 Å². The van der Waals surface area contributed by atoms with E-state index in [2.05, 4.69) is 19.1 Å². The average molecular weight is 688 g/mol. The van der Waals surface area contributed by atoms with Crippen molar-refractivity contribution >= 4 is 11.7 Å². The zero-order valence-corrected chi connectivity index (χ0v) is 30.0. The molecule has 1 aliphatic rings. The summed E-state index contributed by atoms with van der Waals surface area (Å²) in [6.07, 6.45) is 11.0. The molecule has 1 atom stereocenters. The summed E-state index contributed by atoms with van der Waals surface area (Å²) in [5.74, 6) is 2.88. The number of hydrogen-bond donors (Lipinski definition) is 2. The molecule has 0 spiro atoms. The van der Waals surface area contributed by atoms with Crippen molar-refractivity contribution in [2.75, 3.05) is 67.8 Å². The van der Waals surface area contributed by atoms with Crippen LogP contribution in [0.4, 0.5) is 5.69 Å². The van der Waals surface area contributed by atoms with E-state index in [1.54, 1.807) is 40.6 Å². The summed E-state index contributed by atoms with van der Waals surface area (Å²) in [6.45, 7) is 7.05. The largest absolute Gasteiger partial charge is 1.00 e. The third-order valence-corrected chi connectivity index (χ3v) is 8.42. The van der Waals surface area contributed by atoms with Gasteiger partial charge in [0.1, 0.15) is 45.1 Å². The molecule has 1 aliphatic heterocycles. The monoisotopic (exact) mass is 686 g/mol. The smallest absolute Gasteiger partial charge is 0.306 e. The number of quaternary nitrogens is 2. The predicted octanol–water partition coefficient (Wildman–Crippen LogP) is -1.94. The number of carbonyl (C=O) groups is 1. The molecule has 2 aromatic carbocycles. The molecular formula is C35H56Cl2N2O7. The van der Waals surface area contributed by atoms with E-state index in [1.807, 2.05) is 12.1 Å². The van der Waals surface area contributed by atoms with Crippen LogP contribution in [-0.4, -0.2) is 79.8 Å². The molecule has 0 radical (unpaired) electrons. The third kappa shape index (κ3) is 13.6. The van der Waals surface area contributed by atoms with E-state index in [0.717, 1.165) is 44.8 Å². The van der Waals surface area contributed by atoms with Gasteiger partial charge >= 0.3 is 5.97 Å². The highest BCUT2D eigenvalue weighted by molar-refractivity contribution is 5.69. The van der Waals surface area contributed by atoms with Crippen molar-refractivity contribution in [3.8, 4) is 28.7 Å². The second-order valence-electron chi connectivity index (χ2n) is 11.6. The second kappa shape index (κ2) is 23.7. The summed E-state index contributed by atoms with van der Waals surface area (Å²) in [5, 5.41) is 0. The van der Waals surface area contributed by atoms with Gasteiger partial charge in [0.05, 0.1) is 28.4 Å². The third-order valence-electron chi connectivity index (χ3n) is 8.42. The van der Waals surface area contributed by atoms with Crippen LogP contribution in [0.2, 0.25) is 0 Å². The summed E-state index contributed by atoms with van der Waals surface area (Å²) in [4.78, 5) is 15.8. The Labute approximate surface area is 289 Å². The molecule has 0 amide bonds. The van der Waals surface area contributed by atoms with Crippen LogP contribution >= 0.6 is 0 Å². The number of esters is 1. The normalized spacial score (nSPS) is 16.3. The number of para-hydroxylation sites is 2. The van der Waals surface area contributed by atoms with Crippen LogP contribution in [0.1, 0.15) is 71.1 Å². The van der Waals surface area contributed by atoms with E-state index in [0.29, 0.717) is 36.0 Å². The second-order valence-corrected chi connectivity index (χ2v) is 11.6. The highest BCUT2D eigenvalue weighted by atomic mass is 35.5. The molecule has 2 aromatic rings. The van der Waals surface area contributed by atoms with E-state index in [-0.39, 0.29) is 43.5 Å². The molecule has 11 heteroatoms. The molecule has 9 nitrogen and oxygen atoms in total. The number of rotatable bonds is 21. The first-order valence-electron chi connectivity index (χ1n) is 16.5. The maximum Gasteiger partial charge on any atom is 0.306 e. The molecule has 1 saturated heterocycles. The highest BCUT2D eigenvalue weighted by Crippen LogP contribution is 2.40. The number of hydrogen-bond acceptors (Lipinski definition) is 7. The molecule has 1 fully saturated rings. The molecule has 3 rings (SSSR count). The Morgan fingerprint density at radius 3 is 1.87 bits per heavy atom. The molecule has 0 aromatic heterocycles. The van der Waals surface area contributed by atoms with Gasteiger partial charge in [-0.3, -0.25) is 9.69 Å². The summed E-state index contributed by atoms with van der Waals surface area (Å²) in [6, 6.07) is 11.8. The Morgan fingerprint density at radius 1 is 0.739 bits per heavy atom. The Hall–Kier alpha value is -2.59. The van der Waals surface area contributed by atoms with E-state index in [9.17, 15) is 4.79 Å². The Balaban J connectivity index is 0.00000529. The topological polar surface area (TPSA) is 81.3 Å². The van der Waals surface area contributed by atoms with Crippen molar-refractivity contribution in [1.29, 1.82) is 0 Å². The Morgan fingerprint density at radius 2 is 1.30 bits per heavy atom. The zero-order valence-electron chi connectivity index (χ0n) is 28.5. The molecule has 2 N–H and O–H groups in total. The van der Waals surface area contributed by atoms with Crippen LogP contribution in [-0.2, 0) is 9.53 Å². The summed E-state index contributed by atoms with van der Waals surface area (Å²) in [7, 11) is 6.45. The van der Waals surface area contributed by atoms with Gasteiger partial charge in [0.25, 0.3) is 0 Å². The van der Waals surface area contributed by atoms with Crippen molar-refractivity contribution in [3.63, 3.8) is 0 Å². The van der Waals surface area contributed by atoms with E-state index in [4.69, 9.17) is 28.4 Å². The van der Waals surface area contributed by atoms with Gasteiger partial charge in [-0.15, -0.1) is 0 Å². The standard InChI is InChI=1S/C35H54N2O7.2ClH/c1-6-7-8-9-10-11-12-13-14-19-34(38)44-29(27-43-28-24-32(40-3)35(42-5)33(25-28)41-4)26-36-20-22-37(23-21-36)30-17-15-16-18-31(30)39-2;;/h15-18,24-25,29H,6-14,19-23,26-27H2,1-5H3;2*1H. The first kappa shape index (κ1) is 41.4. The summed E-state index contributed by atoms with van der Waals surface area (Å²) in [5.41, 5.74) is 1.20. The van der Waals surface area contributed by atoms with Gasteiger partial charge in [-0.1, -0.05) is 70.4 Å². The van der Waals surface area contributed by atoms with Crippen LogP contribution in [0, 0.1) is 0 Å². The fourth-order valence-electron chi connectivity index (χ4n) is 5.93. The number of methoxy groups -OCH3 is 4. The van der Waals surface area contributed by atoms with Gasteiger partial charge in [-0.05, 0) is 12.5 Å². The lowest BCUT2D eigenvalue weighted by atomic mass is 10.1. The molecule has 0 saturated carbocycles. The maximum atomic E-state index is 12.9. The van der Waals surface area contributed by atoms with Crippen molar-refractivity contribution in [2.45, 2.75) is 77.2 Å². The molecule has 1 heterocycles. The quantitative estimate of drug-likeness (QED) is 0.117. The van der Waals surface area contributed by atoms with Crippen molar-refractivity contribution in [3.05, 3.63) is 36.4 Å². The van der Waals surface area contributed by atoms with Crippen molar-refractivity contribution in [1.82, 2.24) is 0 Å². The molecule has 1 unspecified atom stereocenters. The van der Waals surface area contributed by atoms with Crippen molar-refractivity contribution < 1.29 is 67.8 Å². The fourth-order valence-corrected chi connectivity index (χ4v) is 5.93. The summed E-state index contributed by atoms with van der Waals surface area (Å²) >= 11 is 0. The number of benzene rings is 2. The number of piperazine rings is 1. The lowest BCUT2D eigenvalue weighted by molar-refractivity contribution is -0.987. The predicted molar refractivity (Wildman–Crippen MR) is 172 cm³/mol. The number of nitrogens with one attached hydrogen (secondary N) is 2. The van der Waals surface area contributed by atoms with Crippen LogP contribution in [0.3, 0.4) is 0 Å². The molecule has 262 valence electrons. The average Bonchev–Trinajstić information content (AvgIpc) is 3.06. The minimum absolute atomic E-state index is 0.